The molecular weight excluding hydrogens is 275 g/mol. The minimum absolute atomic E-state index is 0.136. The molecule has 1 aromatic carbocycles. The number of amides is 2. The zero-order valence-corrected chi connectivity index (χ0v) is 12.3. The fourth-order valence-corrected chi connectivity index (χ4v) is 1.99. The van der Waals surface area contributed by atoms with Crippen LogP contribution in [0.2, 0.25) is 0 Å². The molecule has 0 aliphatic heterocycles. The van der Waals surface area contributed by atoms with Gasteiger partial charge < -0.3 is 10.4 Å². The Morgan fingerprint density at radius 1 is 1.33 bits per heavy atom. The van der Waals surface area contributed by atoms with Crippen LogP contribution >= 0.6 is 0 Å². The third kappa shape index (κ3) is 4.73. The van der Waals surface area contributed by atoms with Crippen LogP contribution in [-0.4, -0.2) is 29.7 Å². The van der Waals surface area contributed by atoms with Crippen molar-refractivity contribution in [1.82, 2.24) is 5.32 Å². The van der Waals surface area contributed by atoms with Crippen LogP contribution in [0.3, 0.4) is 0 Å². The summed E-state index contributed by atoms with van der Waals surface area (Å²) >= 11 is 0. The van der Waals surface area contributed by atoms with Gasteiger partial charge in [-0.3, -0.25) is 4.90 Å². The standard InChI is InChI=1S/C15H21FN2O3/c1-3-5-9-12(14(19)20)17-15(21)18(4-2)13-10-7-6-8-11(13)16/h6-8,10,12H,3-5,9H2,1-2H3,(H,17,21)(H,19,20). The van der Waals surface area contributed by atoms with Gasteiger partial charge in [0.2, 0.25) is 0 Å². The molecule has 5 nitrogen and oxygen atoms in total. The van der Waals surface area contributed by atoms with E-state index in [1.54, 1.807) is 13.0 Å². The molecule has 1 atom stereocenters. The molecule has 0 fully saturated rings. The number of hydrogen-bond donors (Lipinski definition) is 2. The average Bonchev–Trinajstić information content (AvgIpc) is 2.45. The number of carbonyl (C=O) groups excluding carboxylic acids is 1. The number of carbonyl (C=O) groups is 2. The van der Waals surface area contributed by atoms with Gasteiger partial charge in [-0.25, -0.2) is 14.0 Å². The number of halogens is 1. The van der Waals surface area contributed by atoms with Crippen LogP contribution in [0.5, 0.6) is 0 Å². The van der Waals surface area contributed by atoms with Gasteiger partial charge in [-0.2, -0.15) is 0 Å². The summed E-state index contributed by atoms with van der Waals surface area (Å²) in [6.45, 7) is 3.89. The van der Waals surface area contributed by atoms with Gasteiger partial charge in [-0.05, 0) is 25.5 Å². The molecule has 0 heterocycles. The Hall–Kier alpha value is -2.11. The first-order valence-electron chi connectivity index (χ1n) is 7.06. The third-order valence-corrected chi connectivity index (χ3v) is 3.15. The molecule has 1 unspecified atom stereocenters. The predicted molar refractivity (Wildman–Crippen MR) is 78.9 cm³/mol. The smallest absolute Gasteiger partial charge is 0.326 e. The van der Waals surface area contributed by atoms with Crippen molar-refractivity contribution in [2.75, 3.05) is 11.4 Å². The maximum Gasteiger partial charge on any atom is 0.326 e. The number of nitrogens with zero attached hydrogens (tertiary/aromatic N) is 1. The van der Waals surface area contributed by atoms with Gasteiger partial charge in [-0.15, -0.1) is 0 Å². The molecule has 2 amide bonds. The van der Waals surface area contributed by atoms with E-state index < -0.39 is 23.9 Å². The normalized spacial score (nSPS) is 11.8. The van der Waals surface area contributed by atoms with Crippen LogP contribution in [0, 0.1) is 5.82 Å². The second kappa shape index (κ2) is 8.24. The lowest BCUT2D eigenvalue weighted by molar-refractivity contribution is -0.139. The van der Waals surface area contributed by atoms with Gasteiger partial charge in [0.1, 0.15) is 11.9 Å². The quantitative estimate of drug-likeness (QED) is 0.812. The van der Waals surface area contributed by atoms with Crippen molar-refractivity contribution < 1.29 is 19.1 Å². The topological polar surface area (TPSA) is 69.6 Å². The van der Waals surface area contributed by atoms with Gasteiger partial charge in [0.15, 0.2) is 0 Å². The molecule has 1 aromatic rings. The number of unbranched alkanes of at least 4 members (excludes halogenated alkanes) is 1. The van der Waals surface area contributed by atoms with Crippen LogP contribution < -0.4 is 10.2 Å². The second-order valence-corrected chi connectivity index (χ2v) is 4.68. The molecule has 2 N–H and O–H groups in total. The molecule has 0 aromatic heterocycles. The number of para-hydroxylation sites is 1. The van der Waals surface area contributed by atoms with Crippen LogP contribution in [0.4, 0.5) is 14.9 Å². The predicted octanol–water partition coefficient (Wildman–Crippen LogP) is 3.01. The number of urea groups is 1. The Morgan fingerprint density at radius 2 is 2.00 bits per heavy atom. The van der Waals surface area contributed by atoms with Gasteiger partial charge >= 0.3 is 12.0 Å². The first-order chi connectivity index (χ1) is 10.0. The number of carboxylic acids is 1. The first-order valence-corrected chi connectivity index (χ1v) is 7.06. The third-order valence-electron chi connectivity index (χ3n) is 3.15. The highest BCUT2D eigenvalue weighted by molar-refractivity contribution is 5.94. The number of hydrogen-bond acceptors (Lipinski definition) is 2. The molecule has 1 rings (SSSR count). The number of aliphatic carboxylic acids is 1. The lowest BCUT2D eigenvalue weighted by Crippen LogP contribution is -2.48. The van der Waals surface area contributed by atoms with Crippen LogP contribution in [-0.2, 0) is 4.79 Å². The van der Waals surface area contributed by atoms with E-state index in [1.807, 2.05) is 6.92 Å². The Bertz CT molecular complexity index is 494. The maximum atomic E-state index is 13.7. The Balaban J connectivity index is 2.83. The summed E-state index contributed by atoms with van der Waals surface area (Å²) in [4.78, 5) is 24.5. The summed E-state index contributed by atoms with van der Waals surface area (Å²) in [6.07, 6.45) is 1.89. The first kappa shape index (κ1) is 16.9. The van der Waals surface area contributed by atoms with E-state index in [0.29, 0.717) is 12.8 Å². The van der Waals surface area contributed by atoms with Gasteiger partial charge in [0, 0.05) is 6.54 Å². The van der Waals surface area contributed by atoms with E-state index in [1.165, 1.54) is 23.1 Å². The minimum atomic E-state index is -1.08. The largest absolute Gasteiger partial charge is 0.480 e. The van der Waals surface area contributed by atoms with E-state index in [0.717, 1.165) is 6.42 Å². The summed E-state index contributed by atoms with van der Waals surface area (Å²) in [5, 5.41) is 11.6. The Labute approximate surface area is 123 Å². The molecule has 0 spiro atoms. The van der Waals surface area contributed by atoms with Crippen molar-refractivity contribution in [1.29, 1.82) is 0 Å². The number of carboxylic acid groups (broad SMARTS) is 1. The van der Waals surface area contributed by atoms with Crippen molar-refractivity contribution in [2.24, 2.45) is 0 Å². The van der Waals surface area contributed by atoms with E-state index >= 15 is 0 Å². The van der Waals surface area contributed by atoms with E-state index in [2.05, 4.69) is 5.32 Å². The van der Waals surface area contributed by atoms with E-state index in [4.69, 9.17) is 5.11 Å². The van der Waals surface area contributed by atoms with E-state index in [-0.39, 0.29) is 12.2 Å². The molecule has 116 valence electrons. The molecular formula is C15H21FN2O3. The SMILES string of the molecule is CCCCC(NC(=O)N(CC)c1ccccc1F)C(=O)O. The molecule has 0 saturated carbocycles. The summed E-state index contributed by atoms with van der Waals surface area (Å²) < 4.78 is 13.7. The molecule has 0 saturated heterocycles. The van der Waals surface area contributed by atoms with Crippen molar-refractivity contribution in [3.05, 3.63) is 30.1 Å². The van der Waals surface area contributed by atoms with Crippen LogP contribution in [0.25, 0.3) is 0 Å². The fourth-order valence-electron chi connectivity index (χ4n) is 1.99. The van der Waals surface area contributed by atoms with Crippen molar-refractivity contribution in [3.8, 4) is 0 Å². The summed E-state index contributed by atoms with van der Waals surface area (Å²) in [5.74, 6) is -1.60. The minimum Gasteiger partial charge on any atom is -0.480 e. The van der Waals surface area contributed by atoms with Crippen molar-refractivity contribution >= 4 is 17.7 Å². The highest BCUT2D eigenvalue weighted by Gasteiger charge is 2.24. The Morgan fingerprint density at radius 3 is 2.52 bits per heavy atom. The molecule has 0 aliphatic rings. The molecule has 0 aliphatic carbocycles. The van der Waals surface area contributed by atoms with E-state index in [9.17, 15) is 14.0 Å². The number of nitrogens with one attached hydrogen (secondary N) is 1. The Kier molecular flexibility index (Phi) is 6.65. The van der Waals surface area contributed by atoms with Crippen LogP contribution in [0.1, 0.15) is 33.1 Å². The van der Waals surface area contributed by atoms with Crippen molar-refractivity contribution in [3.63, 3.8) is 0 Å². The molecule has 0 radical (unpaired) electrons. The number of rotatable bonds is 7. The molecule has 6 heteroatoms. The zero-order valence-electron chi connectivity index (χ0n) is 12.3. The maximum absolute atomic E-state index is 13.7. The van der Waals surface area contributed by atoms with Crippen molar-refractivity contribution in [2.45, 2.75) is 39.2 Å². The van der Waals surface area contributed by atoms with Gasteiger partial charge in [0.25, 0.3) is 0 Å². The molecule has 0 bridgehead atoms. The van der Waals surface area contributed by atoms with Crippen LogP contribution in [0.15, 0.2) is 24.3 Å². The second-order valence-electron chi connectivity index (χ2n) is 4.68. The number of anilines is 1. The lowest BCUT2D eigenvalue weighted by Gasteiger charge is -2.24. The van der Waals surface area contributed by atoms with Gasteiger partial charge in [0.05, 0.1) is 5.69 Å². The monoisotopic (exact) mass is 296 g/mol. The van der Waals surface area contributed by atoms with Gasteiger partial charge in [-0.1, -0.05) is 31.9 Å². The molecule has 21 heavy (non-hydrogen) atoms. The highest BCUT2D eigenvalue weighted by Crippen LogP contribution is 2.18. The summed E-state index contributed by atoms with van der Waals surface area (Å²) in [5.41, 5.74) is 0.136. The summed E-state index contributed by atoms with van der Waals surface area (Å²) in [6, 6.07) is 4.34. The average molecular weight is 296 g/mol. The zero-order chi connectivity index (χ0) is 15.8. The fraction of sp³-hybridized carbons (Fsp3) is 0.467. The lowest BCUT2D eigenvalue weighted by atomic mass is 10.1. The number of benzene rings is 1. The summed E-state index contributed by atoms with van der Waals surface area (Å²) in [7, 11) is 0. The highest BCUT2D eigenvalue weighted by atomic mass is 19.1.